The number of carbonyl (C=O) groups is 2. The first-order valence-electron chi connectivity index (χ1n) is 9.46. The highest BCUT2D eigenvalue weighted by Gasteiger charge is 2.53. The minimum absolute atomic E-state index is 0.220. The summed E-state index contributed by atoms with van der Waals surface area (Å²) in [6.07, 6.45) is 12.0. The zero-order valence-corrected chi connectivity index (χ0v) is 14.4. The van der Waals surface area contributed by atoms with Crippen LogP contribution in [0.25, 0.3) is 0 Å². The summed E-state index contributed by atoms with van der Waals surface area (Å²) in [6.45, 7) is 2.13. The molecule has 2 fully saturated rings. The van der Waals surface area contributed by atoms with Gasteiger partial charge < -0.3 is 10.2 Å². The molecule has 2 N–H and O–H groups in total. The van der Waals surface area contributed by atoms with Crippen LogP contribution in [0.2, 0.25) is 0 Å². The van der Waals surface area contributed by atoms with E-state index in [1.54, 1.807) is 0 Å². The van der Waals surface area contributed by atoms with Crippen LogP contribution in [0.15, 0.2) is 0 Å². The third-order valence-corrected chi connectivity index (χ3v) is 6.48. The maximum Gasteiger partial charge on any atom is 0.307 e. The third-order valence-electron chi connectivity index (χ3n) is 6.48. The van der Waals surface area contributed by atoms with Crippen molar-refractivity contribution in [3.8, 4) is 0 Å². The lowest BCUT2D eigenvalue weighted by Crippen LogP contribution is -2.43. The van der Waals surface area contributed by atoms with Crippen LogP contribution in [0.3, 0.4) is 0 Å². The van der Waals surface area contributed by atoms with Crippen LogP contribution in [0.4, 0.5) is 0 Å². The molecule has 4 nitrogen and oxygen atoms in total. The molecule has 0 spiro atoms. The van der Waals surface area contributed by atoms with Gasteiger partial charge in [0.15, 0.2) is 0 Å². The van der Waals surface area contributed by atoms with Crippen molar-refractivity contribution >= 4 is 11.9 Å². The number of hydrogen-bond donors (Lipinski definition) is 2. The molecular formula is C19H32O4. The van der Waals surface area contributed by atoms with Crippen molar-refractivity contribution in [1.29, 1.82) is 0 Å². The highest BCUT2D eigenvalue weighted by Crippen LogP contribution is 2.58. The Kier molecular flexibility index (Phi) is 6.49. The fraction of sp³-hybridized carbons (Fsp3) is 0.895. The van der Waals surface area contributed by atoms with E-state index in [4.69, 9.17) is 0 Å². The molecule has 2 aliphatic rings. The number of aliphatic carboxylic acids is 2. The number of carboxylic acid groups (broad SMARTS) is 2. The fourth-order valence-electron chi connectivity index (χ4n) is 5.50. The maximum atomic E-state index is 12.0. The SMILES string of the molecule is CCCCC1(C(CC(=O)O)C(=O)O)CCCC1C1CCCCC1. The van der Waals surface area contributed by atoms with Crippen LogP contribution in [0, 0.1) is 23.2 Å². The van der Waals surface area contributed by atoms with Gasteiger partial charge in [0, 0.05) is 0 Å². The second kappa shape index (κ2) is 8.16. The molecule has 0 aromatic rings. The molecule has 3 atom stereocenters. The van der Waals surface area contributed by atoms with Crippen molar-refractivity contribution in [3.63, 3.8) is 0 Å². The summed E-state index contributed by atoms with van der Waals surface area (Å²) in [6, 6.07) is 0. The summed E-state index contributed by atoms with van der Waals surface area (Å²) >= 11 is 0. The van der Waals surface area contributed by atoms with Gasteiger partial charge in [-0.1, -0.05) is 58.3 Å². The van der Waals surface area contributed by atoms with E-state index in [9.17, 15) is 19.8 Å². The first kappa shape index (κ1) is 18.3. The molecule has 132 valence electrons. The second-order valence-corrected chi connectivity index (χ2v) is 7.72. The molecule has 0 radical (unpaired) electrons. The molecule has 0 bridgehead atoms. The largest absolute Gasteiger partial charge is 0.481 e. The Bertz CT molecular complexity index is 414. The summed E-state index contributed by atoms with van der Waals surface area (Å²) in [7, 11) is 0. The Labute approximate surface area is 139 Å². The van der Waals surface area contributed by atoms with Gasteiger partial charge in [-0.2, -0.15) is 0 Å². The number of unbranched alkanes of at least 4 members (excludes halogenated alkanes) is 1. The lowest BCUT2D eigenvalue weighted by atomic mass is 9.59. The highest BCUT2D eigenvalue weighted by molar-refractivity contribution is 5.78. The van der Waals surface area contributed by atoms with E-state index in [0.29, 0.717) is 11.8 Å². The molecule has 2 aliphatic carbocycles. The Morgan fingerprint density at radius 2 is 1.78 bits per heavy atom. The van der Waals surface area contributed by atoms with Gasteiger partial charge in [0.25, 0.3) is 0 Å². The van der Waals surface area contributed by atoms with E-state index >= 15 is 0 Å². The van der Waals surface area contributed by atoms with E-state index in [2.05, 4.69) is 6.92 Å². The maximum absolute atomic E-state index is 12.0. The van der Waals surface area contributed by atoms with Gasteiger partial charge in [-0.05, 0) is 36.5 Å². The van der Waals surface area contributed by atoms with Gasteiger partial charge in [0.2, 0.25) is 0 Å². The number of rotatable bonds is 8. The van der Waals surface area contributed by atoms with Crippen LogP contribution in [0.5, 0.6) is 0 Å². The molecule has 23 heavy (non-hydrogen) atoms. The zero-order valence-electron chi connectivity index (χ0n) is 14.4. The van der Waals surface area contributed by atoms with Crippen molar-refractivity contribution in [1.82, 2.24) is 0 Å². The molecule has 0 aromatic carbocycles. The number of hydrogen-bond acceptors (Lipinski definition) is 2. The predicted octanol–water partition coefficient (Wildman–Crippen LogP) is 4.72. The quantitative estimate of drug-likeness (QED) is 0.677. The standard InChI is InChI=1S/C19H32O4/c1-2-3-11-19(16(18(22)23)13-17(20)21)12-7-10-15(19)14-8-5-4-6-9-14/h14-16H,2-13H2,1H3,(H,20,21)(H,22,23). The van der Waals surface area contributed by atoms with Gasteiger partial charge >= 0.3 is 11.9 Å². The summed E-state index contributed by atoms with van der Waals surface area (Å²) < 4.78 is 0. The molecule has 0 heterocycles. The van der Waals surface area contributed by atoms with Crippen LogP contribution in [0.1, 0.15) is 84.0 Å². The Morgan fingerprint density at radius 1 is 1.09 bits per heavy atom. The highest BCUT2D eigenvalue weighted by atomic mass is 16.4. The Morgan fingerprint density at radius 3 is 2.35 bits per heavy atom. The van der Waals surface area contributed by atoms with E-state index in [-0.39, 0.29) is 11.8 Å². The van der Waals surface area contributed by atoms with Crippen molar-refractivity contribution < 1.29 is 19.8 Å². The fourth-order valence-corrected chi connectivity index (χ4v) is 5.50. The lowest BCUT2D eigenvalue weighted by molar-refractivity contribution is -0.156. The Hall–Kier alpha value is -1.06. The molecule has 3 unspecified atom stereocenters. The molecular weight excluding hydrogens is 292 g/mol. The van der Waals surface area contributed by atoms with E-state index in [1.165, 1.54) is 32.1 Å². The first-order valence-corrected chi connectivity index (χ1v) is 9.46. The van der Waals surface area contributed by atoms with Crippen LogP contribution >= 0.6 is 0 Å². The van der Waals surface area contributed by atoms with Crippen molar-refractivity contribution in [3.05, 3.63) is 0 Å². The van der Waals surface area contributed by atoms with Crippen molar-refractivity contribution in [2.45, 2.75) is 84.0 Å². The topological polar surface area (TPSA) is 74.6 Å². The van der Waals surface area contributed by atoms with Crippen molar-refractivity contribution in [2.75, 3.05) is 0 Å². The van der Waals surface area contributed by atoms with Gasteiger partial charge in [-0.25, -0.2) is 0 Å². The average Bonchev–Trinajstić information content (AvgIpc) is 2.95. The van der Waals surface area contributed by atoms with Crippen molar-refractivity contribution in [2.24, 2.45) is 23.2 Å². The minimum Gasteiger partial charge on any atom is -0.481 e. The molecule has 2 rings (SSSR count). The normalized spacial score (nSPS) is 30.2. The molecule has 0 amide bonds. The smallest absolute Gasteiger partial charge is 0.307 e. The van der Waals surface area contributed by atoms with E-state index in [1.807, 2.05) is 0 Å². The van der Waals surface area contributed by atoms with Crippen LogP contribution in [-0.4, -0.2) is 22.2 Å². The lowest BCUT2D eigenvalue weighted by Gasteiger charge is -2.45. The van der Waals surface area contributed by atoms with Crippen LogP contribution in [-0.2, 0) is 9.59 Å². The van der Waals surface area contributed by atoms with Gasteiger partial charge in [0.1, 0.15) is 0 Å². The molecule has 0 saturated heterocycles. The predicted molar refractivity (Wildman–Crippen MR) is 89.3 cm³/mol. The molecule has 4 heteroatoms. The minimum atomic E-state index is -0.970. The van der Waals surface area contributed by atoms with E-state index in [0.717, 1.165) is 38.5 Å². The van der Waals surface area contributed by atoms with E-state index < -0.39 is 17.9 Å². The summed E-state index contributed by atoms with van der Waals surface area (Å²) in [4.78, 5) is 23.3. The van der Waals surface area contributed by atoms with Gasteiger partial charge in [-0.15, -0.1) is 0 Å². The second-order valence-electron chi connectivity index (χ2n) is 7.72. The number of carboxylic acids is 2. The van der Waals surface area contributed by atoms with Gasteiger partial charge in [-0.3, -0.25) is 9.59 Å². The molecule has 0 aromatic heterocycles. The zero-order chi connectivity index (χ0) is 16.9. The molecule has 0 aliphatic heterocycles. The first-order chi connectivity index (χ1) is 11.0. The van der Waals surface area contributed by atoms with Crippen LogP contribution < -0.4 is 0 Å². The summed E-state index contributed by atoms with van der Waals surface area (Å²) in [5.41, 5.74) is -0.289. The molecule has 2 saturated carbocycles. The summed E-state index contributed by atoms with van der Waals surface area (Å²) in [5.74, 6) is -1.57. The summed E-state index contributed by atoms with van der Waals surface area (Å²) in [5, 5.41) is 19.1. The monoisotopic (exact) mass is 324 g/mol. The average molecular weight is 324 g/mol. The van der Waals surface area contributed by atoms with Gasteiger partial charge in [0.05, 0.1) is 12.3 Å². The Balaban J connectivity index is 2.30. The third kappa shape index (κ3) is 4.07.